The molecule has 1 aliphatic rings. The Labute approximate surface area is 163 Å². The molecule has 0 saturated heterocycles. The molecule has 1 aromatic carbocycles. The fourth-order valence-corrected chi connectivity index (χ4v) is 3.60. The van der Waals surface area contributed by atoms with Gasteiger partial charge >= 0.3 is 0 Å². The monoisotopic (exact) mass is 373 g/mol. The summed E-state index contributed by atoms with van der Waals surface area (Å²) in [4.78, 5) is 18.8. The van der Waals surface area contributed by atoms with Gasteiger partial charge in [-0.05, 0) is 50.5 Å². The molecule has 1 amide bonds. The third kappa shape index (κ3) is 6.86. The number of rotatable bonds is 10. The second-order valence-electron chi connectivity index (χ2n) is 7.11. The predicted molar refractivity (Wildman–Crippen MR) is 113 cm³/mol. The van der Waals surface area contributed by atoms with Gasteiger partial charge in [-0.25, -0.2) is 0 Å². The Kier molecular flexibility index (Phi) is 9.11. The van der Waals surface area contributed by atoms with Crippen LogP contribution in [0.25, 0.3) is 0 Å². The molecule has 150 valence electrons. The van der Waals surface area contributed by atoms with Crippen LogP contribution in [-0.2, 0) is 4.79 Å². The molecule has 2 rings (SSSR count). The van der Waals surface area contributed by atoms with Crippen LogP contribution in [0.5, 0.6) is 0 Å². The number of nitrogens with zero attached hydrogens (tertiary/aromatic N) is 2. The Morgan fingerprint density at radius 3 is 2.63 bits per heavy atom. The Balaban J connectivity index is 1.77. The first-order chi connectivity index (χ1) is 13.2. The number of amides is 1. The maximum Gasteiger partial charge on any atom is 0.225 e. The molecule has 0 saturated carbocycles. The number of anilines is 1. The number of benzene rings is 1. The first-order valence-electron chi connectivity index (χ1n) is 10.2. The molecule has 0 aliphatic carbocycles. The van der Waals surface area contributed by atoms with Gasteiger partial charge in [-0.3, -0.25) is 9.79 Å². The predicted octanol–water partition coefficient (Wildman–Crippen LogP) is 2.79. The van der Waals surface area contributed by atoms with E-state index in [-0.39, 0.29) is 11.8 Å². The quantitative estimate of drug-likeness (QED) is 0.335. The van der Waals surface area contributed by atoms with E-state index < -0.39 is 0 Å². The summed E-state index contributed by atoms with van der Waals surface area (Å²) >= 11 is 0. The molecule has 0 radical (unpaired) electrons. The third-order valence-corrected chi connectivity index (χ3v) is 4.87. The van der Waals surface area contributed by atoms with E-state index in [2.05, 4.69) is 45.8 Å². The van der Waals surface area contributed by atoms with E-state index in [0.717, 1.165) is 31.2 Å². The topological polar surface area (TPSA) is 68.8 Å². The van der Waals surface area contributed by atoms with Gasteiger partial charge < -0.3 is 20.9 Å². The summed E-state index contributed by atoms with van der Waals surface area (Å²) in [5.74, 6) is 1.05. The minimum Gasteiger partial charge on any atom is -0.356 e. The molecular formula is C21H35N5O. The largest absolute Gasteiger partial charge is 0.356 e. The fraction of sp³-hybridized carbons (Fsp3) is 0.619. The zero-order chi connectivity index (χ0) is 19.5. The molecule has 0 aromatic heterocycles. The number of nitrogens with one attached hydrogen (secondary N) is 3. The number of guanidine groups is 1. The number of hydrogen-bond acceptors (Lipinski definition) is 3. The van der Waals surface area contributed by atoms with Crippen LogP contribution in [-0.4, -0.2) is 56.5 Å². The van der Waals surface area contributed by atoms with Gasteiger partial charge in [-0.15, -0.1) is 0 Å². The van der Waals surface area contributed by atoms with Crippen molar-refractivity contribution in [2.24, 2.45) is 4.99 Å². The Bertz CT molecular complexity index is 610. The number of aliphatic imine (C=N–C) groups is 1. The average molecular weight is 374 g/mol. The van der Waals surface area contributed by atoms with E-state index >= 15 is 0 Å². The lowest BCUT2D eigenvalue weighted by Crippen LogP contribution is -2.41. The highest BCUT2D eigenvalue weighted by Crippen LogP contribution is 2.31. The van der Waals surface area contributed by atoms with E-state index in [1.807, 2.05) is 18.2 Å². The molecule has 3 N–H and O–H groups in total. The molecule has 0 fully saturated rings. The van der Waals surface area contributed by atoms with Crippen LogP contribution in [0.2, 0.25) is 0 Å². The normalized spacial score (nSPS) is 16.8. The summed E-state index contributed by atoms with van der Waals surface area (Å²) in [5, 5.41) is 9.73. The van der Waals surface area contributed by atoms with Gasteiger partial charge in [-0.1, -0.05) is 32.0 Å². The van der Waals surface area contributed by atoms with Crippen molar-refractivity contribution >= 4 is 17.6 Å². The van der Waals surface area contributed by atoms with Gasteiger partial charge in [0.25, 0.3) is 0 Å². The lowest BCUT2D eigenvalue weighted by molar-refractivity contribution is -0.116. The highest BCUT2D eigenvalue weighted by atomic mass is 16.1. The van der Waals surface area contributed by atoms with Crippen LogP contribution in [0.1, 0.15) is 51.0 Å². The maximum absolute atomic E-state index is 11.9. The molecule has 27 heavy (non-hydrogen) atoms. The summed E-state index contributed by atoms with van der Waals surface area (Å²) in [7, 11) is 1.79. The molecule has 1 aromatic rings. The lowest BCUT2D eigenvalue weighted by Gasteiger charge is -2.26. The van der Waals surface area contributed by atoms with Gasteiger partial charge in [0.15, 0.2) is 5.96 Å². The molecule has 1 aliphatic heterocycles. The van der Waals surface area contributed by atoms with Crippen molar-refractivity contribution in [1.29, 1.82) is 0 Å². The van der Waals surface area contributed by atoms with Crippen LogP contribution in [0.3, 0.4) is 0 Å². The van der Waals surface area contributed by atoms with Crippen LogP contribution in [0.4, 0.5) is 5.69 Å². The zero-order valence-electron chi connectivity index (χ0n) is 17.1. The van der Waals surface area contributed by atoms with Gasteiger partial charge in [0.1, 0.15) is 0 Å². The number of hydrogen-bond donors (Lipinski definition) is 3. The average Bonchev–Trinajstić information content (AvgIpc) is 2.67. The molecule has 0 spiro atoms. The van der Waals surface area contributed by atoms with E-state index in [0.29, 0.717) is 13.0 Å². The molecule has 0 bridgehead atoms. The molecule has 6 heteroatoms. The van der Waals surface area contributed by atoms with Crippen molar-refractivity contribution in [2.45, 2.75) is 45.4 Å². The first kappa shape index (κ1) is 21.2. The molecule has 1 atom stereocenters. The second-order valence-corrected chi connectivity index (χ2v) is 7.11. The first-order valence-corrected chi connectivity index (χ1v) is 10.2. The summed E-state index contributed by atoms with van der Waals surface area (Å²) < 4.78 is 0. The van der Waals surface area contributed by atoms with Crippen molar-refractivity contribution in [3.05, 3.63) is 29.8 Å². The third-order valence-electron chi connectivity index (χ3n) is 4.87. The summed E-state index contributed by atoms with van der Waals surface area (Å²) in [6, 6.07) is 8.03. The molecule has 1 unspecified atom stereocenters. The van der Waals surface area contributed by atoms with Gasteiger partial charge in [-0.2, -0.15) is 0 Å². The lowest BCUT2D eigenvalue weighted by atomic mass is 9.90. The van der Waals surface area contributed by atoms with Gasteiger partial charge in [0, 0.05) is 38.2 Å². The number of carbonyl (C=O) groups is 1. The Morgan fingerprint density at radius 2 is 1.93 bits per heavy atom. The summed E-state index contributed by atoms with van der Waals surface area (Å²) in [6.45, 7) is 9.51. The minimum atomic E-state index is 0.0791. The number of fused-ring (bicyclic) bond motifs is 1. The number of para-hydroxylation sites is 1. The Morgan fingerprint density at radius 1 is 1.19 bits per heavy atom. The van der Waals surface area contributed by atoms with E-state index in [1.165, 1.54) is 31.5 Å². The van der Waals surface area contributed by atoms with E-state index in [9.17, 15) is 4.79 Å². The van der Waals surface area contributed by atoms with Crippen LogP contribution in [0.15, 0.2) is 29.3 Å². The van der Waals surface area contributed by atoms with Crippen molar-refractivity contribution < 1.29 is 4.79 Å². The van der Waals surface area contributed by atoms with E-state index in [4.69, 9.17) is 0 Å². The van der Waals surface area contributed by atoms with Crippen molar-refractivity contribution in [3.8, 4) is 0 Å². The van der Waals surface area contributed by atoms with Crippen molar-refractivity contribution in [3.63, 3.8) is 0 Å². The standard InChI is InChI=1S/C21H35N5O/c1-4-12-26(13-5-2)14-8-11-23-21(22-3)24-16-17-15-20(27)25-19-10-7-6-9-18(17)19/h6-7,9-10,17H,4-5,8,11-16H2,1-3H3,(H,25,27)(H2,22,23,24). The van der Waals surface area contributed by atoms with Crippen LogP contribution < -0.4 is 16.0 Å². The fourth-order valence-electron chi connectivity index (χ4n) is 3.60. The highest BCUT2D eigenvalue weighted by molar-refractivity contribution is 5.94. The Hall–Kier alpha value is -2.08. The second kappa shape index (κ2) is 11.6. The van der Waals surface area contributed by atoms with E-state index in [1.54, 1.807) is 7.05 Å². The smallest absolute Gasteiger partial charge is 0.225 e. The maximum atomic E-state index is 11.9. The van der Waals surface area contributed by atoms with Crippen molar-refractivity contribution in [1.82, 2.24) is 15.5 Å². The summed E-state index contributed by atoms with van der Waals surface area (Å²) in [6.07, 6.45) is 4.00. The molecule has 1 heterocycles. The molecular weight excluding hydrogens is 338 g/mol. The van der Waals surface area contributed by atoms with Gasteiger partial charge in [0.05, 0.1) is 0 Å². The number of carbonyl (C=O) groups excluding carboxylic acids is 1. The van der Waals surface area contributed by atoms with Crippen LogP contribution >= 0.6 is 0 Å². The molecule has 6 nitrogen and oxygen atoms in total. The summed E-state index contributed by atoms with van der Waals surface area (Å²) in [5.41, 5.74) is 2.12. The zero-order valence-corrected chi connectivity index (χ0v) is 17.1. The van der Waals surface area contributed by atoms with Gasteiger partial charge in [0.2, 0.25) is 5.91 Å². The van der Waals surface area contributed by atoms with Crippen molar-refractivity contribution in [2.75, 3.05) is 45.1 Å². The minimum absolute atomic E-state index is 0.0791. The SMILES string of the molecule is CCCN(CCC)CCCNC(=NC)NCC1CC(=O)Nc2ccccc21. The highest BCUT2D eigenvalue weighted by Gasteiger charge is 2.24. The van der Waals surface area contributed by atoms with Crippen LogP contribution in [0, 0.1) is 0 Å².